The lowest BCUT2D eigenvalue weighted by Gasteiger charge is -2.22. The van der Waals surface area contributed by atoms with E-state index >= 15 is 0 Å². The van der Waals surface area contributed by atoms with E-state index < -0.39 is 0 Å². The molecule has 0 fully saturated rings. The third-order valence-corrected chi connectivity index (χ3v) is 2.46. The first-order valence-electron chi connectivity index (χ1n) is 5.14. The van der Waals surface area contributed by atoms with Crippen LogP contribution in [0.3, 0.4) is 0 Å². The molecule has 0 saturated heterocycles. The number of quaternary nitrogens is 1. The number of aliphatic hydroxyl groups is 1. The lowest BCUT2D eigenvalue weighted by molar-refractivity contribution is -0.487. The normalized spacial score (nSPS) is 12.0. The van der Waals surface area contributed by atoms with E-state index in [0.717, 1.165) is 12.8 Å². The maximum atomic E-state index is 9.18. The van der Waals surface area contributed by atoms with Crippen LogP contribution >= 0.6 is 0 Å². The molecule has 0 bridgehead atoms. The second-order valence-electron chi connectivity index (χ2n) is 3.87. The van der Waals surface area contributed by atoms with Gasteiger partial charge in [-0.15, -0.1) is 0 Å². The third kappa shape index (κ3) is 4.73. The van der Waals surface area contributed by atoms with Gasteiger partial charge in [-0.05, 0) is 12.8 Å². The van der Waals surface area contributed by atoms with Gasteiger partial charge in [0.2, 0.25) is 0 Å². The van der Waals surface area contributed by atoms with Crippen LogP contribution in [0.15, 0.2) is 0 Å². The Morgan fingerprint density at radius 1 is 1.08 bits per heavy atom. The van der Waals surface area contributed by atoms with Crippen molar-refractivity contribution in [1.29, 1.82) is 0 Å². The average Bonchev–Trinajstić information content (AvgIpc) is 2.11. The molecule has 0 radical (unpaired) electrons. The molecule has 0 rings (SSSR count). The summed E-state index contributed by atoms with van der Waals surface area (Å²) in [4.78, 5) is 0. The van der Waals surface area contributed by atoms with Crippen molar-refractivity contribution in [3.05, 3.63) is 0 Å². The molecule has 0 heterocycles. The number of hydrogen-bond donors (Lipinski definition) is 2. The van der Waals surface area contributed by atoms with Crippen LogP contribution in [-0.4, -0.2) is 17.3 Å². The minimum atomic E-state index is -0.0496. The van der Waals surface area contributed by atoms with E-state index in [1.54, 1.807) is 0 Å². The first kappa shape index (κ1) is 11.9. The molecular weight excluding hydrogens is 150 g/mol. The molecule has 0 aromatic carbocycles. The summed E-state index contributed by atoms with van der Waals surface area (Å²) in [5.41, 5.74) is 4.06. The Bertz CT molecular complexity index is 96.0. The van der Waals surface area contributed by atoms with Gasteiger partial charge in [0.15, 0.2) is 0 Å². The Morgan fingerprint density at radius 3 is 1.75 bits per heavy atom. The highest BCUT2D eigenvalue weighted by Crippen LogP contribution is 2.15. The third-order valence-electron chi connectivity index (χ3n) is 2.46. The molecule has 0 aromatic rings. The molecule has 2 nitrogen and oxygen atoms in total. The summed E-state index contributed by atoms with van der Waals surface area (Å²) in [5, 5.41) is 9.18. The van der Waals surface area contributed by atoms with Gasteiger partial charge in [0.25, 0.3) is 0 Å². The summed E-state index contributed by atoms with van der Waals surface area (Å²) in [6.45, 7) is 4.60. The minimum absolute atomic E-state index is 0.0496. The molecule has 0 saturated carbocycles. The van der Waals surface area contributed by atoms with E-state index in [1.807, 2.05) is 0 Å². The van der Waals surface area contributed by atoms with Crippen molar-refractivity contribution in [3.8, 4) is 0 Å². The lowest BCUT2D eigenvalue weighted by atomic mass is 9.89. The van der Waals surface area contributed by atoms with Gasteiger partial charge in [-0.2, -0.15) is 0 Å². The van der Waals surface area contributed by atoms with Gasteiger partial charge in [-0.3, -0.25) is 0 Å². The van der Waals surface area contributed by atoms with Crippen LogP contribution in [0.25, 0.3) is 0 Å². The van der Waals surface area contributed by atoms with Crippen LogP contribution in [0, 0.1) is 0 Å². The topological polar surface area (TPSA) is 47.9 Å². The minimum Gasteiger partial charge on any atom is -0.390 e. The maximum Gasteiger partial charge on any atom is 0.118 e. The van der Waals surface area contributed by atoms with E-state index in [1.165, 1.54) is 25.7 Å². The second kappa shape index (κ2) is 6.44. The fourth-order valence-corrected chi connectivity index (χ4v) is 1.39. The molecule has 4 N–H and O–H groups in total. The Morgan fingerprint density at radius 2 is 1.50 bits per heavy atom. The van der Waals surface area contributed by atoms with Gasteiger partial charge >= 0.3 is 0 Å². The summed E-state index contributed by atoms with van der Waals surface area (Å²) in [5.74, 6) is 0. The van der Waals surface area contributed by atoms with Crippen molar-refractivity contribution >= 4 is 0 Å². The molecule has 0 spiro atoms. The summed E-state index contributed by atoms with van der Waals surface area (Å²) in [7, 11) is 0. The zero-order valence-corrected chi connectivity index (χ0v) is 8.60. The number of unbranched alkanes of at least 4 members (excludes halogenated alkanes) is 2. The monoisotopic (exact) mass is 174 g/mol. The molecule has 74 valence electrons. The van der Waals surface area contributed by atoms with E-state index in [0.29, 0.717) is 0 Å². The highest BCUT2D eigenvalue weighted by molar-refractivity contribution is 4.74. The van der Waals surface area contributed by atoms with E-state index in [4.69, 9.17) is 0 Å². The highest BCUT2D eigenvalue weighted by atomic mass is 16.3. The molecule has 0 aliphatic carbocycles. The molecular formula is C10H24NO+. The Kier molecular flexibility index (Phi) is 6.39. The van der Waals surface area contributed by atoms with E-state index in [-0.39, 0.29) is 12.1 Å². The highest BCUT2D eigenvalue weighted by Gasteiger charge is 2.26. The molecule has 0 amide bonds. The maximum absolute atomic E-state index is 9.18. The van der Waals surface area contributed by atoms with Gasteiger partial charge in [0.1, 0.15) is 5.54 Å². The summed E-state index contributed by atoms with van der Waals surface area (Å²) in [6, 6.07) is 0. The Balaban J connectivity index is 3.70. The number of rotatable bonds is 7. The van der Waals surface area contributed by atoms with Gasteiger partial charge in [0.05, 0.1) is 6.61 Å². The molecule has 2 heteroatoms. The predicted octanol–water partition coefficient (Wildman–Crippen LogP) is 1.34. The smallest absolute Gasteiger partial charge is 0.118 e. The van der Waals surface area contributed by atoms with Crippen LogP contribution in [0.5, 0.6) is 0 Å². The molecule has 0 atom stereocenters. The zero-order valence-electron chi connectivity index (χ0n) is 8.60. The van der Waals surface area contributed by atoms with E-state index in [2.05, 4.69) is 19.6 Å². The van der Waals surface area contributed by atoms with Gasteiger partial charge in [0, 0.05) is 12.8 Å². The first-order chi connectivity index (χ1) is 5.68. The van der Waals surface area contributed by atoms with Crippen LogP contribution in [0.4, 0.5) is 0 Å². The van der Waals surface area contributed by atoms with Crippen molar-refractivity contribution in [2.45, 2.75) is 57.9 Å². The van der Waals surface area contributed by atoms with Crippen molar-refractivity contribution in [2.75, 3.05) is 6.61 Å². The summed E-state index contributed by atoms with van der Waals surface area (Å²) >= 11 is 0. The molecule has 12 heavy (non-hydrogen) atoms. The van der Waals surface area contributed by atoms with Crippen molar-refractivity contribution in [2.24, 2.45) is 0 Å². The fraction of sp³-hybridized carbons (Fsp3) is 1.00. The Hall–Kier alpha value is -0.0800. The molecule has 0 unspecified atom stereocenters. The zero-order chi connectivity index (χ0) is 9.45. The molecule has 0 aliphatic rings. The standard InChI is InChI=1S/C10H23NO/c1-3-5-7-10(11,9-12)8-6-4-2/h12H,3-9,11H2,1-2H3/p+1. The summed E-state index contributed by atoms with van der Waals surface area (Å²) < 4.78 is 0. The van der Waals surface area contributed by atoms with Crippen LogP contribution in [-0.2, 0) is 0 Å². The quantitative estimate of drug-likeness (QED) is 0.601. The second-order valence-corrected chi connectivity index (χ2v) is 3.87. The summed E-state index contributed by atoms with van der Waals surface area (Å²) in [6.07, 6.45) is 6.91. The Labute approximate surface area is 76.2 Å². The van der Waals surface area contributed by atoms with Gasteiger partial charge < -0.3 is 10.8 Å². The number of aliphatic hydroxyl groups excluding tert-OH is 1. The number of hydrogen-bond acceptors (Lipinski definition) is 1. The van der Waals surface area contributed by atoms with Crippen molar-refractivity contribution in [1.82, 2.24) is 0 Å². The van der Waals surface area contributed by atoms with E-state index in [9.17, 15) is 5.11 Å². The van der Waals surface area contributed by atoms with Gasteiger partial charge in [-0.1, -0.05) is 26.7 Å². The lowest BCUT2D eigenvalue weighted by Crippen LogP contribution is -2.74. The molecule has 0 aromatic heterocycles. The fourth-order valence-electron chi connectivity index (χ4n) is 1.39. The van der Waals surface area contributed by atoms with Crippen LogP contribution in [0.2, 0.25) is 0 Å². The SMILES string of the molecule is CCCCC([NH3+])(CO)CCCC. The predicted molar refractivity (Wildman–Crippen MR) is 51.8 cm³/mol. The largest absolute Gasteiger partial charge is 0.390 e. The van der Waals surface area contributed by atoms with Crippen LogP contribution in [0.1, 0.15) is 52.4 Å². The van der Waals surface area contributed by atoms with Crippen molar-refractivity contribution < 1.29 is 10.8 Å². The van der Waals surface area contributed by atoms with Crippen LogP contribution < -0.4 is 5.73 Å². The average molecular weight is 174 g/mol. The molecule has 0 aliphatic heterocycles. The first-order valence-corrected chi connectivity index (χ1v) is 5.14. The van der Waals surface area contributed by atoms with Gasteiger partial charge in [-0.25, -0.2) is 0 Å². The van der Waals surface area contributed by atoms with Crippen molar-refractivity contribution in [3.63, 3.8) is 0 Å².